The summed E-state index contributed by atoms with van der Waals surface area (Å²) >= 11 is 0. The summed E-state index contributed by atoms with van der Waals surface area (Å²) in [7, 11) is 4.08. The smallest absolute Gasteiger partial charge is 0.0609 e. The average Bonchev–Trinajstić information content (AvgIpc) is 2.30. The molecular formula is C13H28N2O2. The average molecular weight is 244 g/mol. The van der Waals surface area contributed by atoms with Crippen LogP contribution in [-0.2, 0) is 4.74 Å². The van der Waals surface area contributed by atoms with Gasteiger partial charge in [0.15, 0.2) is 0 Å². The molecule has 1 atom stereocenters. The van der Waals surface area contributed by atoms with Gasteiger partial charge in [0.25, 0.3) is 0 Å². The molecule has 1 aliphatic heterocycles. The monoisotopic (exact) mass is 244 g/mol. The number of nitrogens with zero attached hydrogens (tertiary/aromatic N) is 1. The predicted octanol–water partition coefficient (Wildman–Crippen LogP) is 0.705. The number of rotatable bonds is 6. The van der Waals surface area contributed by atoms with E-state index in [1.54, 1.807) is 0 Å². The van der Waals surface area contributed by atoms with E-state index >= 15 is 0 Å². The van der Waals surface area contributed by atoms with Gasteiger partial charge in [0.2, 0.25) is 0 Å². The van der Waals surface area contributed by atoms with Crippen molar-refractivity contribution in [2.45, 2.75) is 32.2 Å². The molecule has 0 radical (unpaired) electrons. The van der Waals surface area contributed by atoms with Crippen LogP contribution in [0.15, 0.2) is 0 Å². The maximum Gasteiger partial charge on any atom is 0.0609 e. The molecule has 1 unspecified atom stereocenters. The molecule has 1 fully saturated rings. The standard InChI is InChI=1S/C13H28N2O2/c1-12(2,10-16)15(4)9-13(8-14-3)6-5-7-17-11-13/h14,16H,5-11H2,1-4H3. The lowest BCUT2D eigenvalue weighted by Crippen LogP contribution is -2.54. The van der Waals surface area contributed by atoms with Gasteiger partial charge in [0.1, 0.15) is 0 Å². The van der Waals surface area contributed by atoms with E-state index in [0.717, 1.165) is 32.7 Å². The molecule has 1 heterocycles. The van der Waals surface area contributed by atoms with Crippen LogP contribution < -0.4 is 5.32 Å². The van der Waals surface area contributed by atoms with Crippen LogP contribution in [0.2, 0.25) is 0 Å². The van der Waals surface area contributed by atoms with E-state index in [9.17, 15) is 5.11 Å². The SMILES string of the molecule is CNCC1(CN(C)C(C)(C)CO)CCCOC1. The summed E-state index contributed by atoms with van der Waals surface area (Å²) in [6, 6.07) is 0. The van der Waals surface area contributed by atoms with Crippen LogP contribution in [-0.4, -0.2) is 62.6 Å². The molecule has 1 rings (SSSR count). The van der Waals surface area contributed by atoms with Gasteiger partial charge in [-0.15, -0.1) is 0 Å². The Hall–Kier alpha value is -0.160. The van der Waals surface area contributed by atoms with Gasteiger partial charge in [-0.05, 0) is 40.8 Å². The van der Waals surface area contributed by atoms with Crippen LogP contribution >= 0.6 is 0 Å². The van der Waals surface area contributed by atoms with Crippen molar-refractivity contribution in [2.24, 2.45) is 5.41 Å². The quantitative estimate of drug-likeness (QED) is 0.722. The van der Waals surface area contributed by atoms with Crippen molar-refractivity contribution in [1.29, 1.82) is 0 Å². The maximum atomic E-state index is 9.42. The van der Waals surface area contributed by atoms with Crippen LogP contribution in [0, 0.1) is 5.41 Å². The van der Waals surface area contributed by atoms with Gasteiger partial charge < -0.3 is 15.2 Å². The maximum absolute atomic E-state index is 9.42. The van der Waals surface area contributed by atoms with Gasteiger partial charge >= 0.3 is 0 Å². The Balaban J connectivity index is 2.65. The van der Waals surface area contributed by atoms with Crippen LogP contribution in [0.5, 0.6) is 0 Å². The number of ether oxygens (including phenoxy) is 1. The summed E-state index contributed by atoms with van der Waals surface area (Å²) < 4.78 is 5.66. The van der Waals surface area contributed by atoms with Gasteiger partial charge in [0, 0.05) is 30.7 Å². The first kappa shape index (κ1) is 14.9. The fraction of sp³-hybridized carbons (Fsp3) is 1.00. The fourth-order valence-corrected chi connectivity index (χ4v) is 2.44. The minimum Gasteiger partial charge on any atom is -0.394 e. The number of nitrogens with one attached hydrogen (secondary N) is 1. The van der Waals surface area contributed by atoms with E-state index in [4.69, 9.17) is 4.74 Å². The molecule has 102 valence electrons. The van der Waals surface area contributed by atoms with Crippen molar-refractivity contribution >= 4 is 0 Å². The van der Waals surface area contributed by atoms with E-state index in [-0.39, 0.29) is 17.6 Å². The Morgan fingerprint density at radius 3 is 2.65 bits per heavy atom. The third kappa shape index (κ3) is 3.91. The van der Waals surface area contributed by atoms with E-state index in [1.165, 1.54) is 6.42 Å². The van der Waals surface area contributed by atoms with E-state index in [2.05, 4.69) is 31.1 Å². The van der Waals surface area contributed by atoms with Crippen molar-refractivity contribution in [3.05, 3.63) is 0 Å². The highest BCUT2D eigenvalue weighted by Crippen LogP contribution is 2.30. The highest BCUT2D eigenvalue weighted by Gasteiger charge is 2.36. The van der Waals surface area contributed by atoms with Crippen LogP contribution in [0.1, 0.15) is 26.7 Å². The molecule has 1 aliphatic rings. The minimum atomic E-state index is -0.168. The molecule has 1 saturated heterocycles. The zero-order chi connectivity index (χ0) is 12.9. The Morgan fingerprint density at radius 1 is 1.47 bits per heavy atom. The Kier molecular flexibility index (Phi) is 5.38. The number of likely N-dealkylation sites (N-methyl/N-ethyl adjacent to an activating group) is 1. The normalized spacial score (nSPS) is 26.5. The zero-order valence-corrected chi connectivity index (χ0v) is 11.8. The Bertz CT molecular complexity index is 220. The third-order valence-electron chi connectivity index (χ3n) is 3.95. The lowest BCUT2D eigenvalue weighted by Gasteiger charge is -2.44. The summed E-state index contributed by atoms with van der Waals surface area (Å²) in [4.78, 5) is 2.25. The Labute approximate surface area is 105 Å². The molecule has 0 bridgehead atoms. The van der Waals surface area contributed by atoms with Gasteiger partial charge in [-0.2, -0.15) is 0 Å². The number of hydrogen-bond acceptors (Lipinski definition) is 4. The van der Waals surface area contributed by atoms with E-state index in [0.29, 0.717) is 0 Å². The third-order valence-corrected chi connectivity index (χ3v) is 3.95. The second-order valence-corrected chi connectivity index (χ2v) is 6.01. The molecule has 0 saturated carbocycles. The first-order valence-electron chi connectivity index (χ1n) is 6.50. The van der Waals surface area contributed by atoms with Gasteiger partial charge in [-0.1, -0.05) is 0 Å². The van der Waals surface area contributed by atoms with Crippen molar-refractivity contribution in [2.75, 3.05) is 47.0 Å². The summed E-state index contributed by atoms with van der Waals surface area (Å²) in [5, 5.41) is 12.7. The summed E-state index contributed by atoms with van der Waals surface area (Å²) in [5.74, 6) is 0. The van der Waals surface area contributed by atoms with Gasteiger partial charge in [0.05, 0.1) is 13.2 Å². The van der Waals surface area contributed by atoms with Crippen molar-refractivity contribution in [3.63, 3.8) is 0 Å². The topological polar surface area (TPSA) is 44.7 Å². The molecule has 0 aromatic carbocycles. The lowest BCUT2D eigenvalue weighted by molar-refractivity contribution is -0.0429. The first-order valence-corrected chi connectivity index (χ1v) is 6.50. The van der Waals surface area contributed by atoms with Crippen LogP contribution in [0.25, 0.3) is 0 Å². The van der Waals surface area contributed by atoms with E-state index < -0.39 is 0 Å². The lowest BCUT2D eigenvalue weighted by atomic mass is 9.81. The highest BCUT2D eigenvalue weighted by molar-refractivity contribution is 4.90. The number of aliphatic hydroxyl groups is 1. The first-order chi connectivity index (χ1) is 7.96. The predicted molar refractivity (Wildman–Crippen MR) is 70.2 cm³/mol. The zero-order valence-electron chi connectivity index (χ0n) is 11.8. The highest BCUT2D eigenvalue weighted by atomic mass is 16.5. The van der Waals surface area contributed by atoms with Crippen LogP contribution in [0.4, 0.5) is 0 Å². The Morgan fingerprint density at radius 2 is 2.18 bits per heavy atom. The number of aliphatic hydroxyl groups excluding tert-OH is 1. The molecule has 2 N–H and O–H groups in total. The van der Waals surface area contributed by atoms with Gasteiger partial charge in [-0.3, -0.25) is 4.90 Å². The molecule has 17 heavy (non-hydrogen) atoms. The van der Waals surface area contributed by atoms with Crippen molar-refractivity contribution in [1.82, 2.24) is 10.2 Å². The molecule has 0 aliphatic carbocycles. The summed E-state index contributed by atoms with van der Waals surface area (Å²) in [6.07, 6.45) is 2.33. The van der Waals surface area contributed by atoms with Crippen molar-refractivity contribution < 1.29 is 9.84 Å². The minimum absolute atomic E-state index is 0.168. The molecule has 0 aromatic rings. The molecule has 0 spiro atoms. The second kappa shape index (κ2) is 6.14. The second-order valence-electron chi connectivity index (χ2n) is 6.01. The largest absolute Gasteiger partial charge is 0.394 e. The van der Waals surface area contributed by atoms with Crippen molar-refractivity contribution in [3.8, 4) is 0 Å². The fourth-order valence-electron chi connectivity index (χ4n) is 2.44. The van der Waals surface area contributed by atoms with Gasteiger partial charge in [-0.25, -0.2) is 0 Å². The van der Waals surface area contributed by atoms with Crippen LogP contribution in [0.3, 0.4) is 0 Å². The summed E-state index contributed by atoms with van der Waals surface area (Å²) in [6.45, 7) is 7.96. The molecule has 0 aromatic heterocycles. The van der Waals surface area contributed by atoms with E-state index in [1.807, 2.05) is 7.05 Å². The molecule has 0 amide bonds. The molecule has 4 heteroatoms. The molecular weight excluding hydrogens is 216 g/mol. The summed E-state index contributed by atoms with van der Waals surface area (Å²) in [5.41, 5.74) is 0.0202. The molecule has 4 nitrogen and oxygen atoms in total. The number of hydrogen-bond donors (Lipinski definition) is 2.